The van der Waals surface area contributed by atoms with Crippen molar-refractivity contribution in [1.82, 2.24) is 5.32 Å². The van der Waals surface area contributed by atoms with E-state index >= 15 is 0 Å². The van der Waals surface area contributed by atoms with E-state index in [1.807, 2.05) is 0 Å². The van der Waals surface area contributed by atoms with Crippen LogP contribution in [0.25, 0.3) is 6.08 Å². The predicted molar refractivity (Wildman–Crippen MR) is 138 cm³/mol. The summed E-state index contributed by atoms with van der Waals surface area (Å²) in [5, 5.41) is 2.52. The molecule has 0 atom stereocenters. The summed E-state index contributed by atoms with van der Waals surface area (Å²) in [4.78, 5) is 39.1. The van der Waals surface area contributed by atoms with Gasteiger partial charge in [0.1, 0.15) is 18.0 Å². The number of barbiturate groups is 1. The zero-order chi connectivity index (χ0) is 26.5. The van der Waals surface area contributed by atoms with Crippen LogP contribution in [-0.4, -0.2) is 25.0 Å². The van der Waals surface area contributed by atoms with Gasteiger partial charge < -0.3 is 9.47 Å². The van der Waals surface area contributed by atoms with E-state index in [4.69, 9.17) is 21.1 Å². The largest absolute Gasteiger partial charge is 0.493 e. The molecule has 0 aromatic heterocycles. The van der Waals surface area contributed by atoms with Crippen LogP contribution >= 0.6 is 11.6 Å². The highest BCUT2D eigenvalue weighted by Gasteiger charge is 2.37. The number of urea groups is 1. The molecule has 0 aliphatic carbocycles. The first-order chi connectivity index (χ1) is 17.8. The molecule has 7 nitrogen and oxygen atoms in total. The molecular weight excluding hydrogens is 499 g/mol. The lowest BCUT2D eigenvalue weighted by Crippen LogP contribution is -2.54. The Hall–Kier alpha value is -4.43. The lowest BCUT2D eigenvalue weighted by molar-refractivity contribution is -0.122. The van der Waals surface area contributed by atoms with E-state index in [0.717, 1.165) is 10.5 Å². The van der Waals surface area contributed by atoms with E-state index in [0.29, 0.717) is 34.1 Å². The zero-order valence-corrected chi connectivity index (χ0v) is 20.5. The quantitative estimate of drug-likeness (QED) is 0.242. The van der Waals surface area contributed by atoms with Crippen molar-refractivity contribution in [3.05, 3.63) is 106 Å². The minimum absolute atomic E-state index is 0.165. The fourth-order valence-electron chi connectivity index (χ4n) is 3.80. The molecule has 1 aliphatic heterocycles. The molecule has 4 rings (SSSR count). The maximum Gasteiger partial charge on any atom is 0.335 e. The molecule has 1 fully saturated rings. The fourth-order valence-corrected chi connectivity index (χ4v) is 3.98. The average Bonchev–Trinajstić information content (AvgIpc) is 2.86. The number of carbonyl (C=O) groups excluding carboxylic acids is 3. The highest BCUT2D eigenvalue weighted by Crippen LogP contribution is 2.35. The van der Waals surface area contributed by atoms with Crippen LogP contribution in [0.15, 0.2) is 78.9 Å². The van der Waals surface area contributed by atoms with Crippen molar-refractivity contribution in [2.75, 3.05) is 12.0 Å². The van der Waals surface area contributed by atoms with Crippen molar-refractivity contribution in [2.45, 2.75) is 13.0 Å². The van der Waals surface area contributed by atoms with Gasteiger partial charge in [-0.25, -0.2) is 14.1 Å². The molecule has 4 amide bonds. The molecule has 188 valence electrons. The third kappa shape index (κ3) is 5.70. The minimum atomic E-state index is -0.871. The molecule has 0 spiro atoms. The molecule has 3 aromatic rings. The number of halogens is 2. The molecule has 1 N–H and O–H groups in total. The minimum Gasteiger partial charge on any atom is -0.493 e. The van der Waals surface area contributed by atoms with Crippen LogP contribution in [0.4, 0.5) is 14.9 Å². The van der Waals surface area contributed by atoms with Gasteiger partial charge in [-0.1, -0.05) is 35.9 Å². The maximum absolute atomic E-state index is 13.2. The van der Waals surface area contributed by atoms with Crippen LogP contribution in [0.3, 0.4) is 0 Å². The Labute approximate surface area is 217 Å². The van der Waals surface area contributed by atoms with E-state index in [9.17, 15) is 18.8 Å². The second kappa shape index (κ2) is 11.1. The topological polar surface area (TPSA) is 84.9 Å². The molecule has 0 saturated carbocycles. The van der Waals surface area contributed by atoms with Crippen molar-refractivity contribution >= 4 is 41.2 Å². The molecule has 1 aliphatic rings. The summed E-state index contributed by atoms with van der Waals surface area (Å²) < 4.78 is 24.8. The van der Waals surface area contributed by atoms with Crippen LogP contribution < -0.4 is 19.7 Å². The second-order valence-corrected chi connectivity index (χ2v) is 8.49. The number of rotatable bonds is 8. The number of ether oxygens (including phenoxy) is 2. The van der Waals surface area contributed by atoms with E-state index in [-0.39, 0.29) is 23.7 Å². The standard InChI is InChI=1S/C28H22ClFN2O5/c1-3-5-19-12-18(14-24(36-2)25(19)37-16-17-8-10-21(30)11-9-17)13-23-26(33)31-28(35)32(27(23)34)22-7-4-6-20(29)15-22/h3-4,6-15H,1,5,16H2,2H3,(H,31,33,35)/b23-13+. The second-order valence-electron chi connectivity index (χ2n) is 8.06. The van der Waals surface area contributed by atoms with Crippen LogP contribution in [0.1, 0.15) is 16.7 Å². The van der Waals surface area contributed by atoms with E-state index in [2.05, 4.69) is 11.9 Å². The van der Waals surface area contributed by atoms with Gasteiger partial charge in [0.05, 0.1) is 12.8 Å². The summed E-state index contributed by atoms with van der Waals surface area (Å²) in [6, 6.07) is 14.6. The van der Waals surface area contributed by atoms with Gasteiger partial charge in [-0.2, -0.15) is 0 Å². The van der Waals surface area contributed by atoms with Gasteiger partial charge in [-0.15, -0.1) is 6.58 Å². The Bertz CT molecular complexity index is 1420. The van der Waals surface area contributed by atoms with Gasteiger partial charge in [0.2, 0.25) is 0 Å². The molecular formula is C28H22ClFN2O5. The normalized spacial score (nSPS) is 14.5. The molecule has 0 bridgehead atoms. The number of anilines is 1. The number of nitrogens with one attached hydrogen (secondary N) is 1. The smallest absolute Gasteiger partial charge is 0.335 e. The molecule has 3 aromatic carbocycles. The van der Waals surface area contributed by atoms with Gasteiger partial charge >= 0.3 is 6.03 Å². The van der Waals surface area contributed by atoms with Crippen molar-refractivity contribution in [3.63, 3.8) is 0 Å². The molecule has 9 heteroatoms. The average molecular weight is 521 g/mol. The van der Waals surface area contributed by atoms with Gasteiger partial charge in [0, 0.05) is 10.6 Å². The maximum atomic E-state index is 13.2. The lowest BCUT2D eigenvalue weighted by atomic mass is 10.0. The Morgan fingerprint density at radius 2 is 1.84 bits per heavy atom. The summed E-state index contributed by atoms with van der Waals surface area (Å²) in [5.41, 5.74) is 1.90. The number of imide groups is 2. The highest BCUT2D eigenvalue weighted by molar-refractivity contribution is 6.39. The molecule has 1 saturated heterocycles. The van der Waals surface area contributed by atoms with Crippen molar-refractivity contribution < 1.29 is 28.2 Å². The number of nitrogens with zero attached hydrogens (tertiary/aromatic N) is 1. The number of hydrogen-bond donors (Lipinski definition) is 1. The van der Waals surface area contributed by atoms with E-state index in [1.165, 1.54) is 37.5 Å². The first-order valence-corrected chi connectivity index (χ1v) is 11.5. The lowest BCUT2D eigenvalue weighted by Gasteiger charge is -2.26. The predicted octanol–water partition coefficient (Wildman–Crippen LogP) is 5.46. The van der Waals surface area contributed by atoms with E-state index in [1.54, 1.807) is 42.5 Å². The van der Waals surface area contributed by atoms with Crippen LogP contribution in [0.2, 0.25) is 5.02 Å². The summed E-state index contributed by atoms with van der Waals surface area (Å²) >= 11 is 6.02. The van der Waals surface area contributed by atoms with Crippen LogP contribution in [-0.2, 0) is 22.6 Å². The van der Waals surface area contributed by atoms with Crippen molar-refractivity contribution in [1.29, 1.82) is 0 Å². The number of methoxy groups -OCH3 is 1. The number of benzene rings is 3. The Morgan fingerprint density at radius 1 is 1.08 bits per heavy atom. The summed E-state index contributed by atoms with van der Waals surface area (Å²) in [6.45, 7) is 3.95. The number of hydrogen-bond acceptors (Lipinski definition) is 5. The van der Waals surface area contributed by atoms with Gasteiger partial charge in [0.15, 0.2) is 11.5 Å². The number of amides is 4. The molecule has 0 radical (unpaired) electrons. The third-order valence-electron chi connectivity index (χ3n) is 5.51. The summed E-state index contributed by atoms with van der Waals surface area (Å²) in [7, 11) is 1.46. The van der Waals surface area contributed by atoms with Crippen molar-refractivity contribution in [3.8, 4) is 11.5 Å². The van der Waals surface area contributed by atoms with E-state index < -0.39 is 17.8 Å². The third-order valence-corrected chi connectivity index (χ3v) is 5.75. The first-order valence-electron chi connectivity index (χ1n) is 11.2. The molecule has 1 heterocycles. The van der Waals surface area contributed by atoms with Gasteiger partial charge in [0.25, 0.3) is 11.8 Å². The van der Waals surface area contributed by atoms with Crippen molar-refractivity contribution in [2.24, 2.45) is 0 Å². The fraction of sp³-hybridized carbons (Fsp3) is 0.107. The Balaban J connectivity index is 1.69. The SMILES string of the molecule is C=CCc1cc(/C=C2\C(=O)NC(=O)N(c3cccc(Cl)c3)C2=O)cc(OC)c1OCc1ccc(F)cc1. The monoisotopic (exact) mass is 520 g/mol. The molecule has 0 unspecified atom stereocenters. The number of carbonyl (C=O) groups is 3. The molecule has 37 heavy (non-hydrogen) atoms. The summed E-state index contributed by atoms with van der Waals surface area (Å²) in [5.74, 6) is -1.15. The van der Waals surface area contributed by atoms with Crippen LogP contribution in [0, 0.1) is 5.82 Å². The van der Waals surface area contributed by atoms with Gasteiger partial charge in [-0.3, -0.25) is 14.9 Å². The summed E-state index contributed by atoms with van der Waals surface area (Å²) in [6.07, 6.45) is 3.45. The Kier molecular flexibility index (Phi) is 7.69. The number of allylic oxidation sites excluding steroid dienone is 1. The Morgan fingerprint density at radius 3 is 2.51 bits per heavy atom. The zero-order valence-electron chi connectivity index (χ0n) is 19.8. The van der Waals surface area contributed by atoms with Crippen LogP contribution in [0.5, 0.6) is 11.5 Å². The highest BCUT2D eigenvalue weighted by atomic mass is 35.5. The van der Waals surface area contributed by atoms with Gasteiger partial charge in [-0.05, 0) is 66.1 Å². The first kappa shape index (κ1) is 25.7.